The molecular weight excluding hydrogens is 196 g/mol. The maximum absolute atomic E-state index is 3.33. The van der Waals surface area contributed by atoms with Crippen LogP contribution in [0.1, 0.15) is 18.4 Å². The number of rotatable bonds is 6. The van der Waals surface area contributed by atoms with Crippen LogP contribution in [0.15, 0.2) is 54.9 Å². The second-order valence-corrected chi connectivity index (χ2v) is 3.94. The summed E-state index contributed by atoms with van der Waals surface area (Å²) < 4.78 is 2.00. The molecule has 0 aliphatic heterocycles. The molecule has 16 heavy (non-hydrogen) atoms. The van der Waals surface area contributed by atoms with Crippen molar-refractivity contribution in [2.24, 2.45) is 0 Å². The molecule has 0 fully saturated rings. The van der Waals surface area contributed by atoms with Crippen LogP contribution in [0.3, 0.4) is 0 Å². The Bertz CT molecular complexity index is 378. The highest BCUT2D eigenvalue weighted by Crippen LogP contribution is 2.03. The topological polar surface area (TPSA) is 17.0 Å². The van der Waals surface area contributed by atoms with Crippen LogP contribution in [0.5, 0.6) is 0 Å². The van der Waals surface area contributed by atoms with Gasteiger partial charge in [-0.15, -0.1) is 0 Å². The molecule has 0 amide bonds. The molecule has 1 heterocycles. The molecule has 2 aromatic rings. The van der Waals surface area contributed by atoms with E-state index in [1.807, 2.05) is 29.2 Å². The SMILES string of the molecule is c1ccc(CCCCNn2cccc2)cc1. The van der Waals surface area contributed by atoms with Crippen molar-refractivity contribution < 1.29 is 0 Å². The van der Waals surface area contributed by atoms with Gasteiger partial charge in [0.15, 0.2) is 0 Å². The Morgan fingerprint density at radius 1 is 0.875 bits per heavy atom. The fourth-order valence-corrected chi connectivity index (χ4v) is 1.75. The van der Waals surface area contributed by atoms with Crippen LogP contribution in [-0.4, -0.2) is 11.2 Å². The zero-order chi connectivity index (χ0) is 11.1. The number of aryl methyl sites for hydroxylation is 1. The Hall–Kier alpha value is -1.70. The standard InChI is InChI=1S/C14H18N2/c1-2-8-14(9-3-1)10-4-5-11-15-16-12-6-7-13-16/h1-3,6-9,12-13,15H,4-5,10-11H2. The van der Waals surface area contributed by atoms with Crippen molar-refractivity contribution >= 4 is 0 Å². The van der Waals surface area contributed by atoms with Crippen LogP contribution in [0.4, 0.5) is 0 Å². The fourth-order valence-electron chi connectivity index (χ4n) is 1.75. The van der Waals surface area contributed by atoms with Crippen LogP contribution in [0, 0.1) is 0 Å². The van der Waals surface area contributed by atoms with Crippen molar-refractivity contribution in [2.45, 2.75) is 19.3 Å². The lowest BCUT2D eigenvalue weighted by molar-refractivity contribution is 0.716. The van der Waals surface area contributed by atoms with Gasteiger partial charge < -0.3 is 5.43 Å². The third kappa shape index (κ3) is 3.46. The van der Waals surface area contributed by atoms with Crippen LogP contribution < -0.4 is 5.43 Å². The summed E-state index contributed by atoms with van der Waals surface area (Å²) >= 11 is 0. The first-order valence-corrected chi connectivity index (χ1v) is 5.86. The number of aromatic nitrogens is 1. The molecule has 2 nitrogen and oxygen atoms in total. The summed E-state index contributed by atoms with van der Waals surface area (Å²) in [4.78, 5) is 0. The molecule has 0 atom stereocenters. The van der Waals surface area contributed by atoms with Gasteiger partial charge in [0.1, 0.15) is 0 Å². The molecule has 1 aromatic heterocycles. The smallest absolute Gasteiger partial charge is 0.0313 e. The molecule has 1 aromatic carbocycles. The third-order valence-corrected chi connectivity index (χ3v) is 2.63. The number of unbranched alkanes of at least 4 members (excludes halogenated alkanes) is 1. The van der Waals surface area contributed by atoms with Gasteiger partial charge in [0.05, 0.1) is 0 Å². The Morgan fingerprint density at radius 3 is 2.38 bits per heavy atom. The highest BCUT2D eigenvalue weighted by molar-refractivity contribution is 5.14. The van der Waals surface area contributed by atoms with Crippen molar-refractivity contribution in [1.82, 2.24) is 4.68 Å². The number of hydrogen-bond donors (Lipinski definition) is 1. The summed E-state index contributed by atoms with van der Waals surface area (Å²) in [7, 11) is 0. The maximum atomic E-state index is 3.33. The van der Waals surface area contributed by atoms with E-state index < -0.39 is 0 Å². The van der Waals surface area contributed by atoms with E-state index >= 15 is 0 Å². The second kappa shape index (κ2) is 6.01. The molecule has 0 aliphatic carbocycles. The zero-order valence-electron chi connectivity index (χ0n) is 9.47. The number of benzene rings is 1. The molecule has 0 spiro atoms. The first-order valence-electron chi connectivity index (χ1n) is 5.86. The van der Waals surface area contributed by atoms with Crippen LogP contribution in [0.25, 0.3) is 0 Å². The summed E-state index contributed by atoms with van der Waals surface area (Å²) in [5, 5.41) is 0. The molecule has 0 saturated carbocycles. The minimum absolute atomic E-state index is 1.03. The van der Waals surface area contributed by atoms with Gasteiger partial charge in [-0.2, -0.15) is 0 Å². The van der Waals surface area contributed by atoms with E-state index in [4.69, 9.17) is 0 Å². The molecule has 0 saturated heterocycles. The van der Waals surface area contributed by atoms with Crippen molar-refractivity contribution in [3.63, 3.8) is 0 Å². The molecule has 0 radical (unpaired) electrons. The monoisotopic (exact) mass is 214 g/mol. The fraction of sp³-hybridized carbons (Fsp3) is 0.286. The van der Waals surface area contributed by atoms with Gasteiger partial charge in [-0.25, -0.2) is 0 Å². The summed E-state index contributed by atoms with van der Waals surface area (Å²) in [6, 6.07) is 14.7. The van der Waals surface area contributed by atoms with Crippen molar-refractivity contribution in [3.05, 3.63) is 60.4 Å². The van der Waals surface area contributed by atoms with E-state index in [1.165, 1.54) is 24.8 Å². The van der Waals surface area contributed by atoms with Crippen molar-refractivity contribution in [3.8, 4) is 0 Å². The second-order valence-electron chi connectivity index (χ2n) is 3.94. The molecular formula is C14H18N2. The lowest BCUT2D eigenvalue weighted by Gasteiger charge is -2.06. The Morgan fingerprint density at radius 2 is 1.62 bits per heavy atom. The molecule has 0 aliphatic rings. The van der Waals surface area contributed by atoms with Gasteiger partial charge in [0.25, 0.3) is 0 Å². The zero-order valence-corrected chi connectivity index (χ0v) is 9.47. The lowest BCUT2D eigenvalue weighted by atomic mass is 10.1. The quantitative estimate of drug-likeness (QED) is 0.731. The Kier molecular flexibility index (Phi) is 4.06. The van der Waals surface area contributed by atoms with E-state index in [2.05, 4.69) is 35.8 Å². The molecule has 84 valence electrons. The lowest BCUT2D eigenvalue weighted by Crippen LogP contribution is -2.13. The van der Waals surface area contributed by atoms with Crippen molar-refractivity contribution in [2.75, 3.05) is 12.0 Å². The highest BCUT2D eigenvalue weighted by Gasteiger charge is 1.92. The number of nitrogens with zero attached hydrogens (tertiary/aromatic N) is 1. The number of nitrogens with one attached hydrogen (secondary N) is 1. The third-order valence-electron chi connectivity index (χ3n) is 2.63. The first-order chi connectivity index (χ1) is 7.95. The molecule has 1 N–H and O–H groups in total. The number of hydrogen-bond acceptors (Lipinski definition) is 1. The first kappa shape index (κ1) is 10.8. The largest absolute Gasteiger partial charge is 0.326 e. The van der Waals surface area contributed by atoms with E-state index in [9.17, 15) is 0 Å². The predicted octanol–water partition coefficient (Wildman–Crippen LogP) is 3.05. The van der Waals surface area contributed by atoms with Gasteiger partial charge >= 0.3 is 0 Å². The van der Waals surface area contributed by atoms with Crippen LogP contribution in [-0.2, 0) is 6.42 Å². The average molecular weight is 214 g/mol. The minimum atomic E-state index is 1.03. The molecule has 0 bridgehead atoms. The Balaban J connectivity index is 1.59. The summed E-state index contributed by atoms with van der Waals surface area (Å²) in [5.74, 6) is 0. The normalized spacial score (nSPS) is 10.2. The van der Waals surface area contributed by atoms with E-state index in [1.54, 1.807) is 0 Å². The van der Waals surface area contributed by atoms with E-state index in [0.717, 1.165) is 6.54 Å². The van der Waals surface area contributed by atoms with Crippen LogP contribution >= 0.6 is 0 Å². The van der Waals surface area contributed by atoms with Crippen molar-refractivity contribution in [1.29, 1.82) is 0 Å². The molecule has 2 rings (SSSR count). The molecule has 2 heteroatoms. The summed E-state index contributed by atoms with van der Waals surface area (Å²) in [6.07, 6.45) is 7.66. The van der Waals surface area contributed by atoms with Gasteiger partial charge in [-0.1, -0.05) is 30.3 Å². The Labute approximate surface area is 96.9 Å². The maximum Gasteiger partial charge on any atom is 0.0313 e. The summed E-state index contributed by atoms with van der Waals surface area (Å²) in [5.41, 5.74) is 4.76. The van der Waals surface area contributed by atoms with Gasteiger partial charge in [-0.05, 0) is 37.0 Å². The average Bonchev–Trinajstić information content (AvgIpc) is 2.83. The van der Waals surface area contributed by atoms with Crippen LogP contribution in [0.2, 0.25) is 0 Å². The summed E-state index contributed by atoms with van der Waals surface area (Å²) in [6.45, 7) is 1.03. The highest BCUT2D eigenvalue weighted by atomic mass is 15.4. The van der Waals surface area contributed by atoms with E-state index in [0.29, 0.717) is 0 Å². The minimum Gasteiger partial charge on any atom is -0.326 e. The van der Waals surface area contributed by atoms with E-state index in [-0.39, 0.29) is 0 Å². The predicted molar refractivity (Wildman–Crippen MR) is 68.0 cm³/mol. The van der Waals surface area contributed by atoms with Gasteiger partial charge in [-0.3, -0.25) is 4.68 Å². The van der Waals surface area contributed by atoms with Gasteiger partial charge in [0.2, 0.25) is 0 Å². The van der Waals surface area contributed by atoms with Gasteiger partial charge in [0, 0.05) is 18.9 Å². The molecule has 0 unspecified atom stereocenters.